The zero-order valence-corrected chi connectivity index (χ0v) is 12.5. The third-order valence-corrected chi connectivity index (χ3v) is 4.20. The van der Waals surface area contributed by atoms with Crippen LogP contribution in [0.15, 0.2) is 0 Å². The van der Waals surface area contributed by atoms with Gasteiger partial charge in [0.1, 0.15) is 0 Å². The molecule has 0 aromatic rings. The molecule has 0 rings (SSSR count). The summed E-state index contributed by atoms with van der Waals surface area (Å²) in [7, 11) is 1.75. The molecule has 0 amide bonds. The minimum atomic E-state index is 0.420. The Morgan fingerprint density at radius 3 is 2.56 bits per heavy atom. The molecule has 0 aromatic heterocycles. The zero-order chi connectivity index (χ0) is 12.4. The molecule has 0 saturated carbocycles. The highest BCUT2D eigenvalue weighted by Crippen LogP contribution is 2.32. The Morgan fingerprint density at radius 2 is 2.06 bits per heavy atom. The van der Waals surface area contributed by atoms with Gasteiger partial charge in [0.25, 0.3) is 0 Å². The van der Waals surface area contributed by atoms with Crippen LogP contribution >= 0.6 is 11.8 Å². The highest BCUT2D eigenvalue weighted by Gasteiger charge is 2.27. The first-order valence-electron chi connectivity index (χ1n) is 6.25. The first-order chi connectivity index (χ1) is 7.56. The van der Waals surface area contributed by atoms with Gasteiger partial charge in [0.05, 0.1) is 6.61 Å². The van der Waals surface area contributed by atoms with Gasteiger partial charge in [-0.15, -0.1) is 0 Å². The first kappa shape index (κ1) is 16.3. The van der Waals surface area contributed by atoms with Gasteiger partial charge in [0.2, 0.25) is 0 Å². The number of hydrogen-bond donors (Lipinski definition) is 1. The van der Waals surface area contributed by atoms with Crippen molar-refractivity contribution in [1.29, 1.82) is 0 Å². The van der Waals surface area contributed by atoms with Crippen LogP contribution in [0.5, 0.6) is 0 Å². The molecule has 0 aliphatic heterocycles. The molecule has 1 atom stereocenters. The van der Waals surface area contributed by atoms with E-state index in [9.17, 15) is 0 Å². The molecule has 3 heteroatoms. The minimum absolute atomic E-state index is 0.420. The van der Waals surface area contributed by atoms with Crippen molar-refractivity contribution >= 4 is 11.8 Å². The van der Waals surface area contributed by atoms with Crippen molar-refractivity contribution in [2.75, 3.05) is 38.8 Å². The summed E-state index contributed by atoms with van der Waals surface area (Å²) >= 11 is 1.95. The molecule has 0 saturated heterocycles. The van der Waals surface area contributed by atoms with Crippen molar-refractivity contribution in [2.24, 2.45) is 11.3 Å². The molecule has 0 aliphatic carbocycles. The Morgan fingerprint density at radius 1 is 1.38 bits per heavy atom. The van der Waals surface area contributed by atoms with Gasteiger partial charge < -0.3 is 10.1 Å². The van der Waals surface area contributed by atoms with Gasteiger partial charge in [-0.05, 0) is 36.2 Å². The average Bonchev–Trinajstić information content (AvgIpc) is 2.25. The minimum Gasteiger partial charge on any atom is -0.383 e. The smallest absolute Gasteiger partial charge is 0.0587 e. The van der Waals surface area contributed by atoms with Gasteiger partial charge in [0, 0.05) is 20.2 Å². The fraction of sp³-hybridized carbons (Fsp3) is 1.00. The van der Waals surface area contributed by atoms with Crippen molar-refractivity contribution in [2.45, 2.75) is 33.6 Å². The van der Waals surface area contributed by atoms with Crippen molar-refractivity contribution in [3.8, 4) is 0 Å². The highest BCUT2D eigenvalue weighted by molar-refractivity contribution is 7.98. The third-order valence-electron chi connectivity index (χ3n) is 3.50. The second kappa shape index (κ2) is 9.32. The molecule has 98 valence electrons. The van der Waals surface area contributed by atoms with Crippen LogP contribution in [-0.2, 0) is 4.74 Å². The predicted octanol–water partition coefficient (Wildman–Crippen LogP) is 3.03. The number of methoxy groups -OCH3 is 1. The van der Waals surface area contributed by atoms with Gasteiger partial charge in [-0.25, -0.2) is 0 Å². The Balaban J connectivity index is 3.91. The van der Waals surface area contributed by atoms with E-state index in [4.69, 9.17) is 4.74 Å². The van der Waals surface area contributed by atoms with Crippen molar-refractivity contribution in [1.82, 2.24) is 5.32 Å². The lowest BCUT2D eigenvalue weighted by molar-refractivity contribution is 0.167. The monoisotopic (exact) mass is 247 g/mol. The van der Waals surface area contributed by atoms with E-state index in [-0.39, 0.29) is 0 Å². The molecule has 0 aliphatic rings. The predicted molar refractivity (Wildman–Crippen MR) is 75.3 cm³/mol. The van der Waals surface area contributed by atoms with Crippen LogP contribution < -0.4 is 5.32 Å². The summed E-state index contributed by atoms with van der Waals surface area (Å²) in [4.78, 5) is 0. The fourth-order valence-corrected chi connectivity index (χ4v) is 2.18. The van der Waals surface area contributed by atoms with Crippen LogP contribution in [0, 0.1) is 11.3 Å². The second-order valence-corrected chi connectivity index (χ2v) is 6.06. The van der Waals surface area contributed by atoms with E-state index in [2.05, 4.69) is 32.3 Å². The quantitative estimate of drug-likeness (QED) is 0.600. The van der Waals surface area contributed by atoms with Crippen LogP contribution in [0.3, 0.4) is 0 Å². The molecular weight excluding hydrogens is 218 g/mol. The largest absolute Gasteiger partial charge is 0.383 e. The van der Waals surface area contributed by atoms with Crippen LogP contribution in [0.2, 0.25) is 0 Å². The number of nitrogens with one attached hydrogen (secondary N) is 1. The molecule has 2 nitrogen and oxygen atoms in total. The van der Waals surface area contributed by atoms with Crippen molar-refractivity contribution < 1.29 is 4.74 Å². The van der Waals surface area contributed by atoms with E-state index in [1.807, 2.05) is 11.8 Å². The molecular formula is C13H29NOS. The molecule has 16 heavy (non-hydrogen) atoms. The van der Waals surface area contributed by atoms with Gasteiger partial charge in [-0.3, -0.25) is 0 Å². The lowest BCUT2D eigenvalue weighted by Crippen LogP contribution is -2.37. The van der Waals surface area contributed by atoms with Gasteiger partial charge >= 0.3 is 0 Å². The van der Waals surface area contributed by atoms with Crippen molar-refractivity contribution in [3.63, 3.8) is 0 Å². The summed E-state index contributed by atoms with van der Waals surface area (Å²) in [6.07, 6.45) is 4.82. The maximum absolute atomic E-state index is 5.05. The van der Waals surface area contributed by atoms with E-state index >= 15 is 0 Å². The summed E-state index contributed by atoms with van der Waals surface area (Å²) in [6, 6.07) is 0. The van der Waals surface area contributed by atoms with Crippen LogP contribution in [0.4, 0.5) is 0 Å². The summed E-state index contributed by atoms with van der Waals surface area (Å²) in [5.74, 6) is 2.00. The number of rotatable bonds is 10. The summed E-state index contributed by atoms with van der Waals surface area (Å²) in [5, 5.41) is 3.50. The average molecular weight is 247 g/mol. The van der Waals surface area contributed by atoms with E-state index in [1.165, 1.54) is 18.6 Å². The van der Waals surface area contributed by atoms with Gasteiger partial charge in [0.15, 0.2) is 0 Å². The second-order valence-electron chi connectivity index (χ2n) is 5.07. The fourth-order valence-electron chi connectivity index (χ4n) is 1.75. The van der Waals surface area contributed by atoms with E-state index < -0.39 is 0 Å². The molecule has 0 aromatic carbocycles. The SMILES string of the molecule is COCCNCC(C)(CCCSC)C(C)C. The molecule has 0 radical (unpaired) electrons. The molecule has 0 spiro atoms. The standard InChI is InChI=1S/C13H29NOS/c1-12(2)13(3,7-6-10-16-5)11-14-8-9-15-4/h12,14H,6-11H2,1-5H3. The Bertz CT molecular complexity index is 164. The third kappa shape index (κ3) is 6.77. The molecule has 0 bridgehead atoms. The summed E-state index contributed by atoms with van der Waals surface area (Å²) in [5.41, 5.74) is 0.420. The van der Waals surface area contributed by atoms with Gasteiger partial charge in [-0.1, -0.05) is 20.8 Å². The summed E-state index contributed by atoms with van der Waals surface area (Å²) < 4.78 is 5.05. The normalized spacial score (nSPS) is 15.4. The summed E-state index contributed by atoms with van der Waals surface area (Å²) in [6.45, 7) is 9.93. The molecule has 1 unspecified atom stereocenters. The Kier molecular flexibility index (Phi) is 9.47. The van der Waals surface area contributed by atoms with E-state index in [1.54, 1.807) is 7.11 Å². The van der Waals surface area contributed by atoms with Crippen molar-refractivity contribution in [3.05, 3.63) is 0 Å². The number of hydrogen-bond acceptors (Lipinski definition) is 3. The molecule has 1 N–H and O–H groups in total. The zero-order valence-electron chi connectivity index (χ0n) is 11.6. The Hall–Kier alpha value is 0.270. The van der Waals surface area contributed by atoms with Crippen LogP contribution in [-0.4, -0.2) is 38.8 Å². The number of ether oxygens (including phenoxy) is 1. The topological polar surface area (TPSA) is 21.3 Å². The Labute approximate surface area is 106 Å². The maximum atomic E-state index is 5.05. The lowest BCUT2D eigenvalue weighted by Gasteiger charge is -2.34. The van der Waals surface area contributed by atoms with E-state index in [0.29, 0.717) is 5.41 Å². The van der Waals surface area contributed by atoms with Crippen LogP contribution in [0.25, 0.3) is 0 Å². The maximum Gasteiger partial charge on any atom is 0.0587 e. The number of thioether (sulfide) groups is 1. The highest BCUT2D eigenvalue weighted by atomic mass is 32.2. The molecule has 0 heterocycles. The first-order valence-corrected chi connectivity index (χ1v) is 7.65. The van der Waals surface area contributed by atoms with E-state index in [0.717, 1.165) is 25.6 Å². The molecule has 0 fully saturated rings. The van der Waals surface area contributed by atoms with Gasteiger partial charge in [-0.2, -0.15) is 11.8 Å². The van der Waals surface area contributed by atoms with Crippen LogP contribution in [0.1, 0.15) is 33.6 Å². The lowest BCUT2D eigenvalue weighted by atomic mass is 9.75.